The average Bonchev–Trinajstić information content (AvgIpc) is 3.15. The Morgan fingerprint density at radius 2 is 1.79 bits per heavy atom. The second-order valence-corrected chi connectivity index (χ2v) is 5.46. The fraction of sp³-hybridized carbons (Fsp3) is 0.105. The molecule has 5 heteroatoms. The largest absolute Gasteiger partial charge is 0.348 e. The van der Waals surface area contributed by atoms with Gasteiger partial charge in [0.2, 0.25) is 0 Å². The summed E-state index contributed by atoms with van der Waals surface area (Å²) in [7, 11) is 0. The number of carbonyl (C=O) groups is 1. The molecule has 2 aromatic carbocycles. The lowest BCUT2D eigenvalue weighted by Gasteiger charge is -2.15. The molecule has 2 aromatic rings. The molecule has 3 rings (SSSR count). The number of non-ortho nitro benzene ring substituents is 1. The molecule has 0 N–H and O–H groups in total. The van der Waals surface area contributed by atoms with Gasteiger partial charge in [0.25, 0.3) is 5.69 Å². The predicted octanol–water partition coefficient (Wildman–Crippen LogP) is 4.21. The number of hydrogen-bond donors (Lipinski definition) is 0. The summed E-state index contributed by atoms with van der Waals surface area (Å²) >= 11 is 0. The van der Waals surface area contributed by atoms with Gasteiger partial charge in [-0.15, -0.1) is 0 Å². The van der Waals surface area contributed by atoms with Gasteiger partial charge in [-0.25, -0.2) is 0 Å². The maximum Gasteiger partial charge on any atom is 0.269 e. The normalized spacial score (nSPS) is 13.6. The summed E-state index contributed by atoms with van der Waals surface area (Å²) in [6, 6.07) is 13.6. The Morgan fingerprint density at radius 3 is 2.38 bits per heavy atom. The number of nitro benzene ring substituents is 1. The minimum absolute atomic E-state index is 0.0259. The van der Waals surface area contributed by atoms with Crippen LogP contribution in [0, 0.1) is 10.1 Å². The number of hydrogen-bond acceptors (Lipinski definition) is 4. The van der Waals surface area contributed by atoms with E-state index in [1.807, 2.05) is 24.3 Å². The first-order chi connectivity index (χ1) is 11.6. The van der Waals surface area contributed by atoms with Gasteiger partial charge in [-0.05, 0) is 42.3 Å². The number of benzene rings is 2. The van der Waals surface area contributed by atoms with E-state index < -0.39 is 4.92 Å². The average molecular weight is 320 g/mol. The molecule has 24 heavy (non-hydrogen) atoms. The third-order valence-corrected chi connectivity index (χ3v) is 3.84. The molecule has 0 bridgehead atoms. The molecule has 0 unspecified atom stereocenters. The zero-order chi connectivity index (χ0) is 16.9. The smallest absolute Gasteiger partial charge is 0.269 e. The van der Waals surface area contributed by atoms with Crippen LogP contribution in [0.5, 0.6) is 0 Å². The summed E-state index contributed by atoms with van der Waals surface area (Å²) in [5.41, 5.74) is 2.46. The van der Waals surface area contributed by atoms with Gasteiger partial charge in [-0.2, -0.15) is 0 Å². The Hall–Kier alpha value is -3.21. The predicted molar refractivity (Wildman–Crippen MR) is 94.0 cm³/mol. The van der Waals surface area contributed by atoms with E-state index in [1.165, 1.54) is 30.3 Å². The van der Waals surface area contributed by atoms with Crippen molar-refractivity contribution in [2.45, 2.75) is 6.42 Å². The molecule has 0 radical (unpaired) electrons. The quantitative estimate of drug-likeness (QED) is 0.358. The van der Waals surface area contributed by atoms with Crippen molar-refractivity contribution in [2.24, 2.45) is 0 Å². The first-order valence-electron chi connectivity index (χ1n) is 7.64. The summed E-state index contributed by atoms with van der Waals surface area (Å²) in [5, 5.41) is 10.6. The fourth-order valence-electron chi connectivity index (χ4n) is 2.50. The zero-order valence-electron chi connectivity index (χ0n) is 13.0. The number of anilines is 1. The summed E-state index contributed by atoms with van der Waals surface area (Å²) in [4.78, 5) is 24.4. The maximum absolute atomic E-state index is 12.1. The Balaban J connectivity index is 1.67. The lowest BCUT2D eigenvalue weighted by Crippen LogP contribution is -2.11. The van der Waals surface area contributed by atoms with Crippen LogP contribution in [-0.4, -0.2) is 17.3 Å². The van der Waals surface area contributed by atoms with Gasteiger partial charge in [-0.1, -0.05) is 24.3 Å². The van der Waals surface area contributed by atoms with Gasteiger partial charge in [-0.3, -0.25) is 14.9 Å². The molecule has 0 saturated heterocycles. The van der Waals surface area contributed by atoms with E-state index in [9.17, 15) is 14.9 Å². The van der Waals surface area contributed by atoms with E-state index in [4.69, 9.17) is 0 Å². The highest BCUT2D eigenvalue weighted by molar-refractivity contribution is 6.06. The molecule has 0 amide bonds. The molecule has 0 atom stereocenters. The molecule has 1 aliphatic rings. The zero-order valence-corrected chi connectivity index (χ0v) is 13.0. The number of rotatable bonds is 5. The van der Waals surface area contributed by atoms with Crippen molar-refractivity contribution < 1.29 is 9.72 Å². The van der Waals surface area contributed by atoms with Crippen molar-refractivity contribution >= 4 is 23.2 Å². The summed E-state index contributed by atoms with van der Waals surface area (Å²) < 4.78 is 0. The van der Waals surface area contributed by atoms with E-state index in [0.29, 0.717) is 5.56 Å². The first-order valence-corrected chi connectivity index (χ1v) is 7.64. The van der Waals surface area contributed by atoms with Gasteiger partial charge in [0.15, 0.2) is 5.78 Å². The van der Waals surface area contributed by atoms with E-state index in [0.717, 1.165) is 24.2 Å². The van der Waals surface area contributed by atoms with E-state index in [-0.39, 0.29) is 11.5 Å². The minimum atomic E-state index is -0.485. The minimum Gasteiger partial charge on any atom is -0.348 e. The van der Waals surface area contributed by atoms with E-state index in [1.54, 1.807) is 6.08 Å². The lowest BCUT2D eigenvalue weighted by atomic mass is 10.1. The molecule has 1 aliphatic heterocycles. The Kier molecular flexibility index (Phi) is 4.52. The van der Waals surface area contributed by atoms with Gasteiger partial charge in [0, 0.05) is 36.1 Å². The maximum atomic E-state index is 12.1. The molecule has 1 heterocycles. The van der Waals surface area contributed by atoms with Crippen LogP contribution in [0.4, 0.5) is 11.4 Å². The lowest BCUT2D eigenvalue weighted by molar-refractivity contribution is -0.384. The third kappa shape index (κ3) is 3.57. The number of ketones is 1. The van der Waals surface area contributed by atoms with Gasteiger partial charge >= 0.3 is 0 Å². The van der Waals surface area contributed by atoms with Crippen molar-refractivity contribution in [1.29, 1.82) is 0 Å². The van der Waals surface area contributed by atoms with Crippen molar-refractivity contribution in [3.63, 3.8) is 0 Å². The molecular weight excluding hydrogens is 304 g/mol. The molecular formula is C19H16N2O3. The van der Waals surface area contributed by atoms with Crippen molar-refractivity contribution in [3.8, 4) is 0 Å². The van der Waals surface area contributed by atoms with Crippen LogP contribution < -0.4 is 4.90 Å². The number of nitro groups is 1. The van der Waals surface area contributed by atoms with Crippen LogP contribution in [-0.2, 0) is 0 Å². The Bertz CT molecular complexity index is 806. The summed E-state index contributed by atoms with van der Waals surface area (Å²) in [5.74, 6) is -0.184. The summed E-state index contributed by atoms with van der Waals surface area (Å²) in [6.07, 6.45) is 8.49. The number of allylic oxidation sites excluding steroid dienone is 1. The van der Waals surface area contributed by atoms with Crippen molar-refractivity contribution in [1.82, 2.24) is 0 Å². The molecule has 0 fully saturated rings. The van der Waals surface area contributed by atoms with Crippen LogP contribution in [0.2, 0.25) is 0 Å². The standard InChI is InChI=1S/C19H16N2O3/c22-19(16-6-10-18(11-7-16)21(23)24)12-5-15-3-8-17(9-4-15)20-13-1-2-14-20/h1,3-13H,2,14H2/b12-5+. The van der Waals surface area contributed by atoms with Crippen molar-refractivity contribution in [3.05, 3.63) is 88.1 Å². The highest BCUT2D eigenvalue weighted by Crippen LogP contribution is 2.20. The van der Waals surface area contributed by atoms with E-state index >= 15 is 0 Å². The van der Waals surface area contributed by atoms with Crippen LogP contribution in [0.25, 0.3) is 6.08 Å². The molecule has 120 valence electrons. The number of nitrogens with zero attached hydrogens (tertiary/aromatic N) is 2. The fourth-order valence-corrected chi connectivity index (χ4v) is 2.50. The third-order valence-electron chi connectivity index (χ3n) is 3.84. The van der Waals surface area contributed by atoms with Crippen LogP contribution >= 0.6 is 0 Å². The molecule has 0 spiro atoms. The van der Waals surface area contributed by atoms with E-state index in [2.05, 4.69) is 17.2 Å². The van der Waals surface area contributed by atoms with Gasteiger partial charge < -0.3 is 4.90 Å². The summed E-state index contributed by atoms with van der Waals surface area (Å²) in [6.45, 7) is 0.994. The number of carbonyl (C=O) groups excluding carboxylic acids is 1. The molecule has 0 aliphatic carbocycles. The second-order valence-electron chi connectivity index (χ2n) is 5.46. The molecule has 0 saturated carbocycles. The van der Waals surface area contributed by atoms with Crippen LogP contribution in [0.1, 0.15) is 22.3 Å². The van der Waals surface area contributed by atoms with Gasteiger partial charge in [0.05, 0.1) is 4.92 Å². The topological polar surface area (TPSA) is 63.5 Å². The first kappa shape index (κ1) is 15.7. The Morgan fingerprint density at radius 1 is 1.08 bits per heavy atom. The van der Waals surface area contributed by atoms with Crippen LogP contribution in [0.15, 0.2) is 66.9 Å². The van der Waals surface area contributed by atoms with Crippen molar-refractivity contribution in [2.75, 3.05) is 11.4 Å². The second kappa shape index (κ2) is 6.91. The highest BCUT2D eigenvalue weighted by atomic mass is 16.6. The molecule has 5 nitrogen and oxygen atoms in total. The van der Waals surface area contributed by atoms with Crippen LogP contribution in [0.3, 0.4) is 0 Å². The Labute approximate surface area is 139 Å². The monoisotopic (exact) mass is 320 g/mol. The molecule has 0 aromatic heterocycles. The van der Waals surface area contributed by atoms with Gasteiger partial charge in [0.1, 0.15) is 0 Å². The SMILES string of the molecule is O=C(/C=C/c1ccc(N2C=CCC2)cc1)c1ccc([N+](=O)[O-])cc1. The highest BCUT2D eigenvalue weighted by Gasteiger charge is 2.08.